The zero-order chi connectivity index (χ0) is 9.52. The second-order valence-corrected chi connectivity index (χ2v) is 3.57. The van der Waals surface area contributed by atoms with E-state index in [0.29, 0.717) is 0 Å². The normalized spacial score (nSPS) is 23.6. The summed E-state index contributed by atoms with van der Waals surface area (Å²) >= 11 is 0. The molecule has 0 spiro atoms. The van der Waals surface area contributed by atoms with Crippen LogP contribution in [0.5, 0.6) is 0 Å². The molecule has 1 rings (SSSR count). The first-order chi connectivity index (χ1) is 5.34. The van der Waals surface area contributed by atoms with Crippen LogP contribution >= 0.6 is 0 Å². The lowest BCUT2D eigenvalue weighted by Crippen LogP contribution is -2.57. The van der Waals surface area contributed by atoms with Crippen LogP contribution in [0.1, 0.15) is 0 Å². The molecule has 0 radical (unpaired) electrons. The summed E-state index contributed by atoms with van der Waals surface area (Å²) in [5, 5.41) is 8.26. The minimum Gasteiger partial charge on any atom is -0.481 e. The van der Waals surface area contributed by atoms with Gasteiger partial charge in [0.25, 0.3) is 5.91 Å². The standard InChI is InChI=1S/C4H5NO6S/c6-3-2(4(7)8)1-5(3)12(9,10)11/h2H,1H2,(H,7,8)(H,9,10,11). The molecule has 68 valence electrons. The molecular formula is C4H5NO6S. The van der Waals surface area contributed by atoms with E-state index in [1.165, 1.54) is 0 Å². The van der Waals surface area contributed by atoms with Gasteiger partial charge in [-0.2, -0.15) is 8.42 Å². The van der Waals surface area contributed by atoms with Crippen molar-refractivity contribution in [2.75, 3.05) is 6.54 Å². The number of hydrogen-bond acceptors (Lipinski definition) is 4. The number of nitrogens with zero attached hydrogens (tertiary/aromatic N) is 1. The van der Waals surface area contributed by atoms with Crippen molar-refractivity contribution in [2.24, 2.45) is 5.92 Å². The van der Waals surface area contributed by atoms with Crippen LogP contribution in [0.15, 0.2) is 0 Å². The van der Waals surface area contributed by atoms with Gasteiger partial charge in [-0.15, -0.1) is 0 Å². The summed E-state index contributed by atoms with van der Waals surface area (Å²) in [6.07, 6.45) is 0. The Hall–Kier alpha value is -1.15. The van der Waals surface area contributed by atoms with Crippen molar-refractivity contribution in [3.63, 3.8) is 0 Å². The predicted molar refractivity (Wildman–Crippen MR) is 34.4 cm³/mol. The molecule has 1 atom stereocenters. The molecule has 1 aliphatic heterocycles. The molecule has 1 aliphatic rings. The average Bonchev–Trinajstić information content (AvgIpc) is 1.80. The third-order valence-corrected chi connectivity index (χ3v) is 2.35. The summed E-state index contributed by atoms with van der Waals surface area (Å²) in [6, 6.07) is 0. The van der Waals surface area contributed by atoms with Gasteiger partial charge in [0.1, 0.15) is 0 Å². The summed E-state index contributed by atoms with van der Waals surface area (Å²) in [5.74, 6) is -3.84. The molecule has 0 saturated carbocycles. The van der Waals surface area contributed by atoms with E-state index in [9.17, 15) is 18.0 Å². The molecule has 7 nitrogen and oxygen atoms in total. The van der Waals surface area contributed by atoms with Gasteiger partial charge in [0.05, 0.1) is 6.54 Å². The molecule has 8 heteroatoms. The number of amides is 1. The Kier molecular flexibility index (Phi) is 1.80. The molecule has 1 unspecified atom stereocenters. The first kappa shape index (κ1) is 8.94. The van der Waals surface area contributed by atoms with E-state index in [0.717, 1.165) is 0 Å². The molecule has 1 fully saturated rings. The molecule has 0 aromatic carbocycles. The van der Waals surface area contributed by atoms with E-state index in [1.54, 1.807) is 0 Å². The Morgan fingerprint density at radius 1 is 1.58 bits per heavy atom. The van der Waals surface area contributed by atoms with Crippen molar-refractivity contribution in [3.8, 4) is 0 Å². The lowest BCUT2D eigenvalue weighted by molar-refractivity contribution is -0.156. The minimum absolute atomic E-state index is 0.103. The highest BCUT2D eigenvalue weighted by Crippen LogP contribution is 2.20. The van der Waals surface area contributed by atoms with E-state index < -0.39 is 34.6 Å². The van der Waals surface area contributed by atoms with Gasteiger partial charge in [0.15, 0.2) is 5.92 Å². The molecule has 0 aromatic rings. The molecule has 2 N–H and O–H groups in total. The first-order valence-electron chi connectivity index (χ1n) is 2.86. The van der Waals surface area contributed by atoms with Gasteiger partial charge in [-0.1, -0.05) is 0 Å². The van der Waals surface area contributed by atoms with E-state index in [-0.39, 0.29) is 4.31 Å². The Labute approximate surface area is 67.5 Å². The number of carboxylic acid groups (broad SMARTS) is 1. The van der Waals surface area contributed by atoms with Gasteiger partial charge in [0.2, 0.25) is 0 Å². The largest absolute Gasteiger partial charge is 0.481 e. The van der Waals surface area contributed by atoms with Crippen LogP contribution < -0.4 is 0 Å². The Morgan fingerprint density at radius 3 is 2.33 bits per heavy atom. The monoisotopic (exact) mass is 195 g/mol. The molecule has 12 heavy (non-hydrogen) atoms. The topological polar surface area (TPSA) is 112 Å². The highest BCUT2D eigenvalue weighted by Gasteiger charge is 2.47. The zero-order valence-corrected chi connectivity index (χ0v) is 6.48. The third-order valence-electron chi connectivity index (χ3n) is 1.47. The fourth-order valence-corrected chi connectivity index (χ4v) is 1.48. The molecule has 0 aliphatic carbocycles. The van der Waals surface area contributed by atoms with Crippen LogP contribution in [0.4, 0.5) is 0 Å². The van der Waals surface area contributed by atoms with Gasteiger partial charge >= 0.3 is 16.3 Å². The molecule has 1 amide bonds. The highest BCUT2D eigenvalue weighted by atomic mass is 32.2. The molecular weight excluding hydrogens is 190 g/mol. The van der Waals surface area contributed by atoms with Crippen molar-refractivity contribution in [2.45, 2.75) is 0 Å². The first-order valence-corrected chi connectivity index (χ1v) is 4.25. The van der Waals surface area contributed by atoms with Crippen LogP contribution in [0.25, 0.3) is 0 Å². The predicted octanol–water partition coefficient (Wildman–Crippen LogP) is -1.67. The smallest absolute Gasteiger partial charge is 0.362 e. The van der Waals surface area contributed by atoms with E-state index in [1.807, 2.05) is 0 Å². The Morgan fingerprint density at radius 2 is 2.08 bits per heavy atom. The summed E-state index contributed by atoms with van der Waals surface area (Å²) in [4.78, 5) is 20.8. The van der Waals surface area contributed by atoms with Gasteiger partial charge < -0.3 is 5.11 Å². The number of carboxylic acids is 1. The van der Waals surface area contributed by atoms with Crippen molar-refractivity contribution in [1.82, 2.24) is 4.31 Å². The number of hydrogen-bond donors (Lipinski definition) is 2. The third kappa shape index (κ3) is 1.25. The summed E-state index contributed by atoms with van der Waals surface area (Å²) < 4.78 is 28.9. The van der Waals surface area contributed by atoms with Gasteiger partial charge in [0, 0.05) is 0 Å². The van der Waals surface area contributed by atoms with Crippen LogP contribution in [0, 0.1) is 5.92 Å². The van der Waals surface area contributed by atoms with Crippen molar-refractivity contribution >= 4 is 22.2 Å². The van der Waals surface area contributed by atoms with Crippen molar-refractivity contribution < 1.29 is 27.7 Å². The van der Waals surface area contributed by atoms with Gasteiger partial charge in [-0.05, 0) is 0 Å². The van der Waals surface area contributed by atoms with E-state index in [4.69, 9.17) is 9.66 Å². The van der Waals surface area contributed by atoms with Crippen LogP contribution in [-0.4, -0.2) is 40.8 Å². The lowest BCUT2D eigenvalue weighted by Gasteiger charge is -2.31. The summed E-state index contributed by atoms with van der Waals surface area (Å²) in [7, 11) is -4.56. The molecule has 0 bridgehead atoms. The maximum Gasteiger partial charge on any atom is 0.362 e. The zero-order valence-electron chi connectivity index (χ0n) is 5.67. The number of carbonyl (C=O) groups excluding carboxylic acids is 1. The number of β-lactam (4-membered cyclic amide) rings is 1. The minimum atomic E-state index is -4.56. The Bertz CT molecular complexity index is 331. The second-order valence-electron chi connectivity index (χ2n) is 2.24. The number of carbonyl (C=O) groups is 2. The van der Waals surface area contributed by atoms with E-state index >= 15 is 0 Å². The molecule has 1 heterocycles. The maximum atomic E-state index is 10.7. The van der Waals surface area contributed by atoms with Crippen molar-refractivity contribution in [3.05, 3.63) is 0 Å². The number of aliphatic carboxylic acids is 1. The van der Waals surface area contributed by atoms with Gasteiger partial charge in [-0.25, -0.2) is 4.31 Å². The number of rotatable bonds is 2. The van der Waals surface area contributed by atoms with Crippen LogP contribution in [-0.2, 0) is 19.9 Å². The maximum absolute atomic E-state index is 10.7. The van der Waals surface area contributed by atoms with E-state index in [2.05, 4.69) is 0 Å². The summed E-state index contributed by atoms with van der Waals surface area (Å²) in [5.41, 5.74) is 0. The SMILES string of the molecule is O=C(O)C1CN(S(=O)(=O)O)C1=O. The quantitative estimate of drug-likeness (QED) is 0.309. The Balaban J connectivity index is 2.74. The average molecular weight is 195 g/mol. The molecule has 0 aromatic heterocycles. The fourth-order valence-electron chi connectivity index (χ4n) is 0.787. The lowest BCUT2D eigenvalue weighted by atomic mass is 10.0. The van der Waals surface area contributed by atoms with Crippen LogP contribution in [0.3, 0.4) is 0 Å². The van der Waals surface area contributed by atoms with Crippen LogP contribution in [0.2, 0.25) is 0 Å². The molecule has 1 saturated heterocycles. The fraction of sp³-hybridized carbons (Fsp3) is 0.500. The second kappa shape index (κ2) is 2.42. The van der Waals surface area contributed by atoms with Crippen molar-refractivity contribution in [1.29, 1.82) is 0 Å². The van der Waals surface area contributed by atoms with Gasteiger partial charge in [-0.3, -0.25) is 14.1 Å². The summed E-state index contributed by atoms with van der Waals surface area (Å²) in [6.45, 7) is -0.493. The highest BCUT2D eigenvalue weighted by molar-refractivity contribution is 7.84.